The van der Waals surface area contributed by atoms with E-state index in [9.17, 15) is 4.79 Å². The maximum atomic E-state index is 12.1. The van der Waals surface area contributed by atoms with Crippen LogP contribution in [0, 0.1) is 0 Å². The molecule has 4 nitrogen and oxygen atoms in total. The van der Waals surface area contributed by atoms with Gasteiger partial charge in [0.2, 0.25) is 5.91 Å². The number of thiophene rings is 1. The Labute approximate surface area is 122 Å². The number of likely N-dealkylation sites (tertiary alicyclic amines) is 1. The van der Waals surface area contributed by atoms with Crippen molar-refractivity contribution in [3.8, 4) is 0 Å². The zero-order chi connectivity index (χ0) is 13.8. The van der Waals surface area contributed by atoms with Gasteiger partial charge in [-0.1, -0.05) is 0 Å². The van der Waals surface area contributed by atoms with Crippen molar-refractivity contribution in [1.29, 1.82) is 0 Å². The van der Waals surface area contributed by atoms with Crippen molar-refractivity contribution in [2.75, 3.05) is 25.0 Å². The lowest BCUT2D eigenvalue weighted by atomic mass is 10.1. The summed E-state index contributed by atoms with van der Waals surface area (Å²) in [5, 5.41) is 5.41. The van der Waals surface area contributed by atoms with E-state index in [1.165, 1.54) is 6.42 Å². The van der Waals surface area contributed by atoms with Gasteiger partial charge in [0.15, 0.2) is 0 Å². The van der Waals surface area contributed by atoms with Gasteiger partial charge in [0.25, 0.3) is 0 Å². The maximum absolute atomic E-state index is 12.1. The van der Waals surface area contributed by atoms with Crippen molar-refractivity contribution in [3.63, 3.8) is 0 Å². The van der Waals surface area contributed by atoms with Gasteiger partial charge in [0, 0.05) is 32.3 Å². The van der Waals surface area contributed by atoms with E-state index in [0.29, 0.717) is 13.0 Å². The quantitative estimate of drug-likeness (QED) is 0.940. The van der Waals surface area contributed by atoms with E-state index in [1.54, 1.807) is 11.3 Å². The Balaban J connectivity index is 1.54. The predicted octanol–water partition coefficient (Wildman–Crippen LogP) is 3.11. The Kier molecular flexibility index (Phi) is 4.16. The summed E-state index contributed by atoms with van der Waals surface area (Å²) in [5.74, 6) is 0.272. The highest BCUT2D eigenvalue weighted by Crippen LogP contribution is 2.26. The number of fused-ring (bicyclic) bond motifs is 1. The number of pyridine rings is 1. The summed E-state index contributed by atoms with van der Waals surface area (Å²) < 4.78 is 1.16. The molecule has 1 aliphatic heterocycles. The maximum Gasteiger partial charge on any atom is 0.224 e. The average molecular weight is 289 g/mol. The molecular weight excluding hydrogens is 270 g/mol. The first-order valence-corrected chi connectivity index (χ1v) is 8.06. The third-order valence-electron chi connectivity index (χ3n) is 3.71. The molecule has 1 aliphatic rings. The third-order valence-corrected chi connectivity index (χ3v) is 4.64. The Hall–Kier alpha value is -1.62. The summed E-state index contributed by atoms with van der Waals surface area (Å²) in [6.45, 7) is 2.55. The first-order chi connectivity index (χ1) is 9.84. The number of hydrogen-bond acceptors (Lipinski definition) is 4. The molecule has 2 aromatic rings. The monoisotopic (exact) mass is 289 g/mol. The zero-order valence-corrected chi connectivity index (χ0v) is 12.3. The van der Waals surface area contributed by atoms with Crippen molar-refractivity contribution in [2.24, 2.45) is 0 Å². The second-order valence-corrected chi connectivity index (χ2v) is 6.03. The number of hydrogen-bond donors (Lipinski definition) is 1. The van der Waals surface area contributed by atoms with Crippen LogP contribution in [0.1, 0.15) is 25.7 Å². The number of amides is 1. The highest BCUT2D eigenvalue weighted by atomic mass is 32.1. The van der Waals surface area contributed by atoms with Crippen molar-refractivity contribution >= 4 is 33.1 Å². The predicted molar refractivity (Wildman–Crippen MR) is 83.2 cm³/mol. The van der Waals surface area contributed by atoms with E-state index in [0.717, 1.165) is 41.8 Å². The van der Waals surface area contributed by atoms with Gasteiger partial charge in [0.1, 0.15) is 0 Å². The Morgan fingerprint density at radius 2 is 2.15 bits per heavy atom. The topological polar surface area (TPSA) is 45.2 Å². The molecule has 0 unspecified atom stereocenters. The lowest BCUT2D eigenvalue weighted by Crippen LogP contribution is -2.36. The summed E-state index contributed by atoms with van der Waals surface area (Å²) in [4.78, 5) is 18.4. The molecule has 0 aliphatic carbocycles. The number of piperidine rings is 1. The largest absolute Gasteiger partial charge is 0.383 e. The highest BCUT2D eigenvalue weighted by Gasteiger charge is 2.15. The van der Waals surface area contributed by atoms with Gasteiger partial charge in [-0.3, -0.25) is 9.78 Å². The molecule has 1 saturated heterocycles. The summed E-state index contributed by atoms with van der Waals surface area (Å²) in [6.07, 6.45) is 5.94. The van der Waals surface area contributed by atoms with Gasteiger partial charge >= 0.3 is 0 Å². The minimum atomic E-state index is 0.272. The van der Waals surface area contributed by atoms with Crippen LogP contribution in [0.3, 0.4) is 0 Å². The third kappa shape index (κ3) is 2.93. The molecule has 3 rings (SSSR count). The first kappa shape index (κ1) is 13.4. The van der Waals surface area contributed by atoms with E-state index in [-0.39, 0.29) is 5.91 Å². The Morgan fingerprint density at radius 3 is 3.00 bits per heavy atom. The molecule has 0 bridgehead atoms. The first-order valence-electron chi connectivity index (χ1n) is 7.18. The summed E-state index contributed by atoms with van der Waals surface area (Å²) in [5.41, 5.74) is 2.10. The molecule has 0 saturated carbocycles. The van der Waals surface area contributed by atoms with Crippen LogP contribution in [0.25, 0.3) is 10.2 Å². The standard InChI is InChI=1S/C15H19N3OS/c19-14(18-9-2-1-3-10-18)5-8-17-12-4-7-16-13-6-11-20-15(12)13/h4,6-7,11H,1-3,5,8-10H2,(H,16,17). The van der Waals surface area contributed by atoms with Crippen LogP contribution < -0.4 is 5.32 Å². The van der Waals surface area contributed by atoms with Crippen LogP contribution in [0.2, 0.25) is 0 Å². The molecule has 5 heteroatoms. The van der Waals surface area contributed by atoms with Crippen molar-refractivity contribution in [3.05, 3.63) is 23.7 Å². The van der Waals surface area contributed by atoms with Crippen LogP contribution >= 0.6 is 11.3 Å². The lowest BCUT2D eigenvalue weighted by molar-refractivity contribution is -0.131. The SMILES string of the molecule is O=C(CCNc1ccnc2ccsc12)N1CCCCC1. The van der Waals surface area contributed by atoms with Crippen molar-refractivity contribution < 1.29 is 4.79 Å². The van der Waals surface area contributed by atoms with Gasteiger partial charge in [-0.15, -0.1) is 11.3 Å². The minimum Gasteiger partial charge on any atom is -0.383 e. The second kappa shape index (κ2) is 6.22. The van der Waals surface area contributed by atoms with E-state index in [2.05, 4.69) is 10.3 Å². The summed E-state index contributed by atoms with van der Waals surface area (Å²) in [6, 6.07) is 3.99. The van der Waals surface area contributed by atoms with Crippen LogP contribution in [0.15, 0.2) is 23.7 Å². The fourth-order valence-corrected chi connectivity index (χ4v) is 3.46. The van der Waals surface area contributed by atoms with Crippen LogP contribution in [0.5, 0.6) is 0 Å². The Bertz CT molecular complexity index is 590. The van der Waals surface area contributed by atoms with Crippen LogP contribution in [-0.4, -0.2) is 35.4 Å². The van der Waals surface area contributed by atoms with Crippen molar-refractivity contribution in [2.45, 2.75) is 25.7 Å². The molecule has 0 aromatic carbocycles. The molecule has 3 heterocycles. The molecule has 1 fully saturated rings. The van der Waals surface area contributed by atoms with Gasteiger partial charge < -0.3 is 10.2 Å². The summed E-state index contributed by atoms with van der Waals surface area (Å²) >= 11 is 1.68. The second-order valence-electron chi connectivity index (χ2n) is 5.11. The van der Waals surface area contributed by atoms with Crippen molar-refractivity contribution in [1.82, 2.24) is 9.88 Å². The molecular formula is C15H19N3OS. The molecule has 0 spiro atoms. The number of anilines is 1. The molecule has 1 amide bonds. The molecule has 106 valence electrons. The van der Waals surface area contributed by atoms with Gasteiger partial charge in [0.05, 0.1) is 15.9 Å². The number of carbonyl (C=O) groups excluding carboxylic acids is 1. The van der Waals surface area contributed by atoms with Crippen LogP contribution in [-0.2, 0) is 4.79 Å². The van der Waals surface area contributed by atoms with Gasteiger partial charge in [-0.2, -0.15) is 0 Å². The highest BCUT2D eigenvalue weighted by molar-refractivity contribution is 7.17. The van der Waals surface area contributed by atoms with Crippen LogP contribution in [0.4, 0.5) is 5.69 Å². The molecule has 0 atom stereocenters. The fraction of sp³-hybridized carbons (Fsp3) is 0.467. The number of carbonyl (C=O) groups is 1. The van der Waals surface area contributed by atoms with Gasteiger partial charge in [-0.05, 0) is 36.8 Å². The number of nitrogens with zero attached hydrogens (tertiary/aromatic N) is 2. The number of aromatic nitrogens is 1. The van der Waals surface area contributed by atoms with E-state index >= 15 is 0 Å². The van der Waals surface area contributed by atoms with E-state index in [1.807, 2.05) is 28.6 Å². The van der Waals surface area contributed by atoms with E-state index in [4.69, 9.17) is 0 Å². The summed E-state index contributed by atoms with van der Waals surface area (Å²) in [7, 11) is 0. The van der Waals surface area contributed by atoms with E-state index < -0.39 is 0 Å². The molecule has 1 N–H and O–H groups in total. The zero-order valence-electron chi connectivity index (χ0n) is 11.5. The molecule has 2 aromatic heterocycles. The average Bonchev–Trinajstić information content (AvgIpc) is 2.97. The Morgan fingerprint density at radius 1 is 1.30 bits per heavy atom. The molecule has 20 heavy (non-hydrogen) atoms. The lowest BCUT2D eigenvalue weighted by Gasteiger charge is -2.26. The minimum absolute atomic E-state index is 0.272. The molecule has 0 radical (unpaired) electrons. The fourth-order valence-electron chi connectivity index (χ4n) is 2.62. The van der Waals surface area contributed by atoms with Gasteiger partial charge in [-0.25, -0.2) is 0 Å². The number of nitrogens with one attached hydrogen (secondary N) is 1. The number of rotatable bonds is 4. The normalized spacial score (nSPS) is 15.5. The smallest absolute Gasteiger partial charge is 0.224 e.